The standard InChI is InChI=1S/C21H25N3O5/c1-15-4-3-5-16(2)20(15)22-18(25)12-23-7-9-24(10-8-23)19(26)14-29-21(27)17-6-11-28-13-17/h3-6,11,13H,7-10,12,14H2,1-2H3,(H,22,25). The summed E-state index contributed by atoms with van der Waals surface area (Å²) in [6.45, 7) is 6.03. The van der Waals surface area contributed by atoms with E-state index in [1.54, 1.807) is 4.90 Å². The molecular weight excluding hydrogens is 374 g/mol. The number of nitrogens with zero attached hydrogens (tertiary/aromatic N) is 2. The molecule has 0 aliphatic carbocycles. The number of hydrogen-bond donors (Lipinski definition) is 1. The van der Waals surface area contributed by atoms with Gasteiger partial charge < -0.3 is 19.4 Å². The van der Waals surface area contributed by atoms with Crippen LogP contribution in [0.1, 0.15) is 21.5 Å². The Kier molecular flexibility index (Phi) is 6.66. The summed E-state index contributed by atoms with van der Waals surface area (Å²) in [4.78, 5) is 40.0. The average Bonchev–Trinajstić information content (AvgIpc) is 3.24. The van der Waals surface area contributed by atoms with Crippen LogP contribution < -0.4 is 5.32 Å². The average molecular weight is 399 g/mol. The number of esters is 1. The van der Waals surface area contributed by atoms with E-state index < -0.39 is 5.97 Å². The van der Waals surface area contributed by atoms with Gasteiger partial charge in [-0.25, -0.2) is 4.79 Å². The summed E-state index contributed by atoms with van der Waals surface area (Å²) in [6, 6.07) is 7.37. The van der Waals surface area contributed by atoms with Crippen molar-refractivity contribution in [3.8, 4) is 0 Å². The molecule has 0 radical (unpaired) electrons. The highest BCUT2D eigenvalue weighted by Gasteiger charge is 2.23. The molecule has 1 aromatic heterocycles. The normalized spacial score (nSPS) is 14.5. The van der Waals surface area contributed by atoms with E-state index in [-0.39, 0.29) is 30.5 Å². The van der Waals surface area contributed by atoms with Gasteiger partial charge in [0.25, 0.3) is 5.91 Å². The maximum absolute atomic E-state index is 12.4. The van der Waals surface area contributed by atoms with Crippen LogP contribution in [-0.4, -0.2) is 66.9 Å². The second kappa shape index (κ2) is 9.38. The predicted molar refractivity (Wildman–Crippen MR) is 107 cm³/mol. The Morgan fingerprint density at radius 3 is 2.38 bits per heavy atom. The second-order valence-electron chi connectivity index (χ2n) is 7.06. The highest BCUT2D eigenvalue weighted by Crippen LogP contribution is 2.19. The fourth-order valence-corrected chi connectivity index (χ4v) is 3.23. The number of benzene rings is 1. The van der Waals surface area contributed by atoms with Crippen molar-refractivity contribution in [3.63, 3.8) is 0 Å². The maximum Gasteiger partial charge on any atom is 0.341 e. The molecule has 1 aromatic carbocycles. The van der Waals surface area contributed by atoms with E-state index in [0.717, 1.165) is 16.8 Å². The number of rotatable bonds is 6. The van der Waals surface area contributed by atoms with E-state index in [0.29, 0.717) is 26.2 Å². The second-order valence-corrected chi connectivity index (χ2v) is 7.06. The number of anilines is 1. The summed E-state index contributed by atoms with van der Waals surface area (Å²) in [5.74, 6) is -0.911. The van der Waals surface area contributed by atoms with Crippen molar-refractivity contribution in [1.29, 1.82) is 0 Å². The first kappa shape index (κ1) is 20.6. The number of ether oxygens (including phenoxy) is 1. The molecule has 0 atom stereocenters. The molecule has 2 amide bonds. The van der Waals surface area contributed by atoms with Crippen LogP contribution in [0.2, 0.25) is 0 Å². The van der Waals surface area contributed by atoms with E-state index in [1.165, 1.54) is 18.6 Å². The van der Waals surface area contributed by atoms with Crippen LogP contribution in [0.4, 0.5) is 5.69 Å². The van der Waals surface area contributed by atoms with Crippen molar-refractivity contribution < 1.29 is 23.5 Å². The van der Waals surface area contributed by atoms with Gasteiger partial charge in [0.05, 0.1) is 18.4 Å². The Morgan fingerprint density at radius 1 is 1.07 bits per heavy atom. The first-order valence-electron chi connectivity index (χ1n) is 9.49. The molecule has 3 rings (SSSR count). The van der Waals surface area contributed by atoms with E-state index in [9.17, 15) is 14.4 Å². The first-order chi connectivity index (χ1) is 13.9. The number of hydrogen-bond acceptors (Lipinski definition) is 6. The predicted octanol–water partition coefficient (Wildman–Crippen LogP) is 1.84. The van der Waals surface area contributed by atoms with Crippen LogP contribution in [-0.2, 0) is 14.3 Å². The zero-order chi connectivity index (χ0) is 20.8. The summed E-state index contributed by atoms with van der Waals surface area (Å²) in [5.41, 5.74) is 3.18. The van der Waals surface area contributed by atoms with Gasteiger partial charge in [0.1, 0.15) is 6.26 Å². The lowest BCUT2D eigenvalue weighted by Gasteiger charge is -2.34. The third-order valence-electron chi connectivity index (χ3n) is 4.92. The Morgan fingerprint density at radius 2 is 1.76 bits per heavy atom. The van der Waals surface area contributed by atoms with Crippen molar-refractivity contribution in [3.05, 3.63) is 53.5 Å². The number of carbonyl (C=O) groups excluding carboxylic acids is 3. The van der Waals surface area contributed by atoms with Gasteiger partial charge in [-0.1, -0.05) is 18.2 Å². The van der Waals surface area contributed by atoms with Crippen LogP contribution >= 0.6 is 0 Å². The van der Waals surface area contributed by atoms with Crippen molar-refractivity contribution in [2.24, 2.45) is 0 Å². The third kappa shape index (κ3) is 5.45. The summed E-state index contributed by atoms with van der Waals surface area (Å²) >= 11 is 0. The van der Waals surface area contributed by atoms with Crippen LogP contribution in [0, 0.1) is 13.8 Å². The summed E-state index contributed by atoms with van der Waals surface area (Å²) < 4.78 is 9.83. The lowest BCUT2D eigenvalue weighted by Crippen LogP contribution is -2.51. The van der Waals surface area contributed by atoms with E-state index in [1.807, 2.05) is 36.9 Å². The van der Waals surface area contributed by atoms with Gasteiger partial charge in [-0.05, 0) is 31.0 Å². The molecule has 2 aromatic rings. The lowest BCUT2D eigenvalue weighted by molar-refractivity contribution is -0.136. The fraction of sp³-hybridized carbons (Fsp3) is 0.381. The number of furan rings is 1. The minimum absolute atomic E-state index is 0.0729. The van der Waals surface area contributed by atoms with Gasteiger partial charge in [0.15, 0.2) is 6.61 Å². The van der Waals surface area contributed by atoms with Crippen molar-refractivity contribution in [2.45, 2.75) is 13.8 Å². The van der Waals surface area contributed by atoms with E-state index in [4.69, 9.17) is 9.15 Å². The molecule has 154 valence electrons. The van der Waals surface area contributed by atoms with E-state index >= 15 is 0 Å². The zero-order valence-electron chi connectivity index (χ0n) is 16.6. The minimum atomic E-state index is -0.589. The van der Waals surface area contributed by atoms with Gasteiger partial charge in [-0.2, -0.15) is 0 Å². The van der Waals surface area contributed by atoms with E-state index in [2.05, 4.69) is 5.32 Å². The maximum atomic E-state index is 12.4. The van der Waals surface area contributed by atoms with Crippen LogP contribution in [0.15, 0.2) is 41.2 Å². The summed E-state index contributed by atoms with van der Waals surface area (Å²) in [6.07, 6.45) is 2.64. The lowest BCUT2D eigenvalue weighted by atomic mass is 10.1. The Labute approximate surface area is 169 Å². The largest absolute Gasteiger partial charge is 0.472 e. The molecular formula is C21H25N3O5. The summed E-state index contributed by atoms with van der Waals surface area (Å²) in [5, 5.41) is 2.98. The molecule has 1 N–H and O–H groups in total. The van der Waals surface area contributed by atoms with Gasteiger partial charge in [0, 0.05) is 31.9 Å². The highest BCUT2D eigenvalue weighted by atomic mass is 16.5. The molecule has 2 heterocycles. The number of amides is 2. The smallest absolute Gasteiger partial charge is 0.341 e. The third-order valence-corrected chi connectivity index (χ3v) is 4.92. The van der Waals surface area contributed by atoms with Crippen molar-refractivity contribution >= 4 is 23.5 Å². The highest BCUT2D eigenvalue weighted by molar-refractivity contribution is 5.94. The Balaban J connectivity index is 1.41. The van der Waals surface area contributed by atoms with Crippen molar-refractivity contribution in [2.75, 3.05) is 44.6 Å². The van der Waals surface area contributed by atoms with Crippen molar-refractivity contribution in [1.82, 2.24) is 9.80 Å². The number of nitrogens with one attached hydrogen (secondary N) is 1. The molecule has 1 saturated heterocycles. The Bertz CT molecular complexity index is 850. The molecule has 0 unspecified atom stereocenters. The number of aryl methyl sites for hydroxylation is 2. The summed E-state index contributed by atoms with van der Waals surface area (Å²) in [7, 11) is 0. The van der Waals surface area contributed by atoms with Crippen LogP contribution in [0.3, 0.4) is 0 Å². The molecule has 1 fully saturated rings. The molecule has 29 heavy (non-hydrogen) atoms. The monoisotopic (exact) mass is 399 g/mol. The minimum Gasteiger partial charge on any atom is -0.472 e. The number of para-hydroxylation sites is 1. The van der Waals surface area contributed by atoms with Gasteiger partial charge in [-0.15, -0.1) is 0 Å². The quantitative estimate of drug-likeness (QED) is 0.745. The molecule has 0 bridgehead atoms. The Hall–Kier alpha value is -3.13. The van der Waals surface area contributed by atoms with Gasteiger partial charge in [-0.3, -0.25) is 14.5 Å². The molecule has 0 saturated carbocycles. The molecule has 8 heteroatoms. The topological polar surface area (TPSA) is 92.1 Å². The van der Waals surface area contributed by atoms with Crippen LogP contribution in [0.5, 0.6) is 0 Å². The SMILES string of the molecule is Cc1cccc(C)c1NC(=O)CN1CCN(C(=O)COC(=O)c2ccoc2)CC1. The first-order valence-corrected chi connectivity index (χ1v) is 9.49. The van der Waals surface area contributed by atoms with Gasteiger partial charge >= 0.3 is 5.97 Å². The number of piperazine rings is 1. The molecule has 8 nitrogen and oxygen atoms in total. The number of carbonyl (C=O) groups is 3. The molecule has 1 aliphatic rings. The molecule has 1 aliphatic heterocycles. The van der Waals surface area contributed by atoms with Gasteiger partial charge in [0.2, 0.25) is 5.91 Å². The fourth-order valence-electron chi connectivity index (χ4n) is 3.23. The zero-order valence-corrected chi connectivity index (χ0v) is 16.6. The van der Waals surface area contributed by atoms with Crippen LogP contribution in [0.25, 0.3) is 0 Å². The molecule has 0 spiro atoms.